The van der Waals surface area contributed by atoms with E-state index < -0.39 is 0 Å². The van der Waals surface area contributed by atoms with Crippen LogP contribution in [0.3, 0.4) is 0 Å². The molecule has 0 spiro atoms. The van der Waals surface area contributed by atoms with Gasteiger partial charge in [-0.2, -0.15) is 10.5 Å². The van der Waals surface area contributed by atoms with Crippen molar-refractivity contribution in [1.82, 2.24) is 0 Å². The number of benzene rings is 2. The van der Waals surface area contributed by atoms with E-state index in [1.807, 2.05) is 12.2 Å². The van der Waals surface area contributed by atoms with Gasteiger partial charge in [0.1, 0.15) is 29.2 Å². The molecule has 42 heavy (non-hydrogen) atoms. The first-order valence-electron chi connectivity index (χ1n) is 15.2. The van der Waals surface area contributed by atoms with Crippen LogP contribution in [-0.4, -0.2) is 13.1 Å². The van der Waals surface area contributed by atoms with Crippen molar-refractivity contribution in [2.45, 2.75) is 104 Å². The number of nitrogens with zero attached hydrogens (tertiary/aromatic N) is 3. The van der Waals surface area contributed by atoms with Gasteiger partial charge in [0.15, 0.2) is 0 Å². The van der Waals surface area contributed by atoms with Gasteiger partial charge in [-0.15, -0.1) is 0 Å². The molecule has 2 aromatic rings. The van der Waals surface area contributed by atoms with Crippen LogP contribution in [0, 0.1) is 22.7 Å². The molecular weight excluding hydrogens is 514 g/mol. The molecule has 5 rings (SSSR count). The maximum absolute atomic E-state index is 9.93. The topological polar surface area (TPSA) is 60.0 Å². The van der Waals surface area contributed by atoms with Crippen molar-refractivity contribution in [3.63, 3.8) is 0 Å². The monoisotopic (exact) mass is 559 g/mol. The Labute approximate surface area is 253 Å². The molecule has 4 nitrogen and oxygen atoms in total. The molecular formula is C38H45N3O. The van der Waals surface area contributed by atoms with Gasteiger partial charge in [0.2, 0.25) is 0 Å². The van der Waals surface area contributed by atoms with E-state index in [9.17, 15) is 10.5 Å². The van der Waals surface area contributed by atoms with E-state index in [1.54, 1.807) is 0 Å². The Balaban J connectivity index is 1.66. The largest absolute Gasteiger partial charge is 0.456 e. The molecule has 0 bridgehead atoms. The quantitative estimate of drug-likeness (QED) is 0.344. The average Bonchev–Trinajstić information content (AvgIpc) is 2.89. The summed E-state index contributed by atoms with van der Waals surface area (Å²) in [5.74, 6) is 1.36. The zero-order valence-electron chi connectivity index (χ0n) is 27.1. The molecule has 2 aromatic carbocycles. The van der Waals surface area contributed by atoms with E-state index in [-0.39, 0.29) is 27.2 Å². The minimum absolute atomic E-state index is 0.0955. The highest BCUT2D eigenvalue weighted by atomic mass is 16.5. The normalized spacial score (nSPS) is 18.8. The molecule has 0 atom stereocenters. The Bertz CT molecular complexity index is 1580. The van der Waals surface area contributed by atoms with Gasteiger partial charge in [-0.05, 0) is 87.1 Å². The number of fused-ring (bicyclic) bond motifs is 1. The predicted molar refractivity (Wildman–Crippen MR) is 174 cm³/mol. The summed E-state index contributed by atoms with van der Waals surface area (Å²) in [7, 11) is 0. The molecule has 0 saturated heterocycles. The van der Waals surface area contributed by atoms with E-state index in [2.05, 4.69) is 117 Å². The van der Waals surface area contributed by atoms with Gasteiger partial charge in [0.25, 0.3) is 0 Å². The fourth-order valence-electron chi connectivity index (χ4n) is 6.47. The molecule has 0 saturated carbocycles. The molecule has 3 aliphatic rings. The molecule has 0 radical (unpaired) electrons. The first kappa shape index (κ1) is 29.7. The molecule has 0 aliphatic carbocycles. The van der Waals surface area contributed by atoms with E-state index >= 15 is 0 Å². The van der Waals surface area contributed by atoms with Crippen LogP contribution < -0.4 is 9.64 Å². The summed E-state index contributed by atoms with van der Waals surface area (Å²) in [5.41, 5.74) is 9.07. The lowest BCUT2D eigenvalue weighted by Gasteiger charge is -2.48. The zero-order chi connectivity index (χ0) is 30.8. The minimum atomic E-state index is -0.202. The fraction of sp³-hybridized carbons (Fsp3) is 0.474. The second kappa shape index (κ2) is 9.91. The zero-order valence-corrected chi connectivity index (χ0v) is 27.1. The molecule has 0 fully saturated rings. The highest BCUT2D eigenvalue weighted by molar-refractivity contribution is 5.88. The SMILES string of the molecule is CC(C)(C)c1cc2c(c(C(C)(C)C)c1)OC(/C=C/c1cc3c4c(c1)C(C)(C)CCN4CCC3(C)C)=CC2=C(C#N)C#N. The number of anilines is 1. The number of hydrogen-bond acceptors (Lipinski definition) is 4. The number of allylic oxidation sites excluding steroid dienone is 4. The molecule has 0 amide bonds. The lowest BCUT2D eigenvalue weighted by molar-refractivity contribution is 0.401. The third-order valence-electron chi connectivity index (χ3n) is 9.41. The maximum Gasteiger partial charge on any atom is 0.139 e. The molecule has 0 aromatic heterocycles. The molecule has 3 aliphatic heterocycles. The third-order valence-corrected chi connectivity index (χ3v) is 9.41. The first-order valence-corrected chi connectivity index (χ1v) is 15.2. The van der Waals surface area contributed by atoms with E-state index in [4.69, 9.17) is 4.74 Å². The van der Waals surface area contributed by atoms with Crippen molar-refractivity contribution in [1.29, 1.82) is 10.5 Å². The second-order valence-electron chi connectivity index (χ2n) is 15.6. The van der Waals surface area contributed by atoms with Crippen LogP contribution in [0.5, 0.6) is 5.75 Å². The Kier molecular flexibility index (Phi) is 7.02. The summed E-state index contributed by atoms with van der Waals surface area (Å²) in [6, 6.07) is 13.3. The van der Waals surface area contributed by atoms with Crippen molar-refractivity contribution in [2.75, 3.05) is 18.0 Å². The minimum Gasteiger partial charge on any atom is -0.456 e. The smallest absolute Gasteiger partial charge is 0.139 e. The number of ether oxygens (including phenoxy) is 1. The van der Waals surface area contributed by atoms with Crippen LogP contribution in [0.15, 0.2) is 47.7 Å². The summed E-state index contributed by atoms with van der Waals surface area (Å²) in [4.78, 5) is 2.58. The Morgan fingerprint density at radius 2 is 1.40 bits per heavy atom. The average molecular weight is 560 g/mol. The number of rotatable bonds is 2. The van der Waals surface area contributed by atoms with E-state index in [0.29, 0.717) is 11.3 Å². The summed E-state index contributed by atoms with van der Waals surface area (Å²) in [6.45, 7) is 24.7. The molecule has 0 N–H and O–H groups in total. The van der Waals surface area contributed by atoms with Crippen molar-refractivity contribution in [2.24, 2.45) is 0 Å². The van der Waals surface area contributed by atoms with Crippen molar-refractivity contribution < 1.29 is 4.74 Å². The fourth-order valence-corrected chi connectivity index (χ4v) is 6.47. The lowest BCUT2D eigenvalue weighted by atomic mass is 9.69. The summed E-state index contributed by atoms with van der Waals surface area (Å²) >= 11 is 0. The standard InChI is InChI=1S/C38H45N3O/c1-35(2,3)26-19-29-28(25(22-39)23-40)21-27(42-34(29)32(20-26)36(4,5)6)12-11-24-17-30-33-31(18-24)38(9,10)14-16-41(33)15-13-37(30,7)8/h11-12,17-21H,13-16H2,1-10H3/b12-11+. The van der Waals surface area contributed by atoms with Crippen LogP contribution in [0.1, 0.15) is 115 Å². The summed E-state index contributed by atoms with van der Waals surface area (Å²) < 4.78 is 6.64. The highest BCUT2D eigenvalue weighted by Gasteiger charge is 2.40. The lowest BCUT2D eigenvalue weighted by Crippen LogP contribution is -2.44. The van der Waals surface area contributed by atoms with Crippen molar-refractivity contribution >= 4 is 17.3 Å². The summed E-state index contributed by atoms with van der Waals surface area (Å²) in [5, 5.41) is 19.9. The van der Waals surface area contributed by atoms with Gasteiger partial charge in [-0.25, -0.2) is 0 Å². The second-order valence-corrected chi connectivity index (χ2v) is 15.6. The van der Waals surface area contributed by atoms with Crippen LogP contribution in [0.25, 0.3) is 11.6 Å². The first-order chi connectivity index (χ1) is 19.5. The molecule has 218 valence electrons. The number of hydrogen-bond donors (Lipinski definition) is 0. The van der Waals surface area contributed by atoms with Gasteiger partial charge in [0.05, 0.1) is 0 Å². The Morgan fingerprint density at radius 3 is 1.90 bits per heavy atom. The van der Waals surface area contributed by atoms with Crippen LogP contribution >= 0.6 is 0 Å². The van der Waals surface area contributed by atoms with Gasteiger partial charge in [0, 0.05) is 35.5 Å². The molecule has 4 heteroatoms. The Hall–Kier alpha value is -3.76. The van der Waals surface area contributed by atoms with Crippen LogP contribution in [-0.2, 0) is 21.7 Å². The third kappa shape index (κ3) is 5.18. The van der Waals surface area contributed by atoms with Crippen molar-refractivity contribution in [3.8, 4) is 17.9 Å². The van der Waals surface area contributed by atoms with Gasteiger partial charge in [-0.3, -0.25) is 0 Å². The highest BCUT2D eigenvalue weighted by Crippen LogP contribution is 2.50. The predicted octanol–water partition coefficient (Wildman–Crippen LogP) is 9.24. The van der Waals surface area contributed by atoms with Crippen LogP contribution in [0.4, 0.5) is 5.69 Å². The Morgan fingerprint density at radius 1 is 0.833 bits per heavy atom. The maximum atomic E-state index is 9.93. The van der Waals surface area contributed by atoms with Gasteiger partial charge in [-0.1, -0.05) is 81.4 Å². The van der Waals surface area contributed by atoms with Gasteiger partial charge >= 0.3 is 0 Å². The molecule has 0 unspecified atom stereocenters. The van der Waals surface area contributed by atoms with E-state index in [1.165, 1.54) is 16.8 Å². The number of nitriles is 2. The summed E-state index contributed by atoms with van der Waals surface area (Å²) in [6.07, 6.45) is 8.27. The van der Waals surface area contributed by atoms with Crippen molar-refractivity contribution in [3.05, 3.63) is 81.1 Å². The van der Waals surface area contributed by atoms with Crippen LogP contribution in [0.2, 0.25) is 0 Å². The van der Waals surface area contributed by atoms with E-state index in [0.717, 1.165) is 53.9 Å². The molecule has 3 heterocycles. The van der Waals surface area contributed by atoms with Gasteiger partial charge < -0.3 is 9.64 Å².